The van der Waals surface area contributed by atoms with E-state index >= 15 is 0 Å². The standard InChI is InChI=1S/C13H18N2O3/c1-9-7-18-13(2,3)8-15(9)12(17)10-4-5-14-11(16)6-10/h4-6,9H,7-8H2,1-3H3,(H,14,16)/t9-/m0/s1. The normalized spacial score (nSPS) is 22.8. The molecule has 0 spiro atoms. The highest BCUT2D eigenvalue weighted by Gasteiger charge is 2.34. The molecule has 5 nitrogen and oxygen atoms in total. The Balaban J connectivity index is 2.25. The second-order valence-electron chi connectivity index (χ2n) is 5.29. The molecule has 0 unspecified atom stereocenters. The molecule has 1 aliphatic heterocycles. The first-order valence-electron chi connectivity index (χ1n) is 6.03. The highest BCUT2D eigenvalue weighted by molar-refractivity contribution is 5.94. The molecular weight excluding hydrogens is 232 g/mol. The SMILES string of the molecule is C[C@H]1COC(C)(C)CN1C(=O)c1cc[nH]c(=O)c1. The monoisotopic (exact) mass is 250 g/mol. The van der Waals surface area contributed by atoms with Gasteiger partial charge in [0.2, 0.25) is 5.56 Å². The fourth-order valence-electron chi connectivity index (χ4n) is 2.06. The molecule has 1 aromatic rings. The lowest BCUT2D eigenvalue weighted by Gasteiger charge is -2.42. The number of ether oxygens (including phenoxy) is 1. The zero-order valence-corrected chi connectivity index (χ0v) is 10.9. The summed E-state index contributed by atoms with van der Waals surface area (Å²) < 4.78 is 5.66. The molecule has 1 aliphatic rings. The smallest absolute Gasteiger partial charge is 0.254 e. The van der Waals surface area contributed by atoms with Crippen LogP contribution in [0.25, 0.3) is 0 Å². The van der Waals surface area contributed by atoms with E-state index in [9.17, 15) is 9.59 Å². The van der Waals surface area contributed by atoms with Crippen molar-refractivity contribution in [2.45, 2.75) is 32.4 Å². The minimum Gasteiger partial charge on any atom is -0.372 e. The van der Waals surface area contributed by atoms with Crippen molar-refractivity contribution in [2.24, 2.45) is 0 Å². The van der Waals surface area contributed by atoms with Crippen molar-refractivity contribution < 1.29 is 9.53 Å². The number of nitrogens with one attached hydrogen (secondary N) is 1. The topological polar surface area (TPSA) is 62.4 Å². The van der Waals surface area contributed by atoms with Crippen molar-refractivity contribution >= 4 is 5.91 Å². The number of pyridine rings is 1. The lowest BCUT2D eigenvalue weighted by atomic mass is 10.0. The van der Waals surface area contributed by atoms with Gasteiger partial charge in [0, 0.05) is 24.4 Å². The molecule has 1 atom stereocenters. The average molecular weight is 250 g/mol. The Bertz CT molecular complexity index is 507. The Labute approximate surface area is 106 Å². The maximum atomic E-state index is 12.4. The third-order valence-corrected chi connectivity index (χ3v) is 3.08. The summed E-state index contributed by atoms with van der Waals surface area (Å²) in [5.74, 6) is -0.120. The molecule has 98 valence electrons. The number of aromatic amines is 1. The minimum atomic E-state index is -0.344. The van der Waals surface area contributed by atoms with E-state index in [1.165, 1.54) is 12.3 Å². The third-order valence-electron chi connectivity index (χ3n) is 3.08. The van der Waals surface area contributed by atoms with Gasteiger partial charge in [0.25, 0.3) is 5.91 Å². The summed E-state index contributed by atoms with van der Waals surface area (Å²) >= 11 is 0. The zero-order chi connectivity index (χ0) is 13.3. The number of hydrogen-bond acceptors (Lipinski definition) is 3. The van der Waals surface area contributed by atoms with Gasteiger partial charge in [-0.25, -0.2) is 0 Å². The predicted molar refractivity (Wildman–Crippen MR) is 67.6 cm³/mol. The maximum Gasteiger partial charge on any atom is 0.254 e. The van der Waals surface area contributed by atoms with Crippen molar-refractivity contribution in [2.75, 3.05) is 13.2 Å². The molecular formula is C13H18N2O3. The number of amides is 1. The number of aromatic nitrogens is 1. The number of carbonyl (C=O) groups is 1. The van der Waals surface area contributed by atoms with Crippen molar-refractivity contribution in [3.63, 3.8) is 0 Å². The first-order valence-corrected chi connectivity index (χ1v) is 6.03. The second-order valence-corrected chi connectivity index (χ2v) is 5.29. The number of rotatable bonds is 1. The van der Waals surface area contributed by atoms with Crippen LogP contribution in [0.15, 0.2) is 23.1 Å². The Hall–Kier alpha value is -1.62. The number of morpholine rings is 1. The van der Waals surface area contributed by atoms with E-state index in [-0.39, 0.29) is 23.1 Å². The number of hydrogen-bond donors (Lipinski definition) is 1. The second kappa shape index (κ2) is 4.57. The maximum absolute atomic E-state index is 12.4. The van der Waals surface area contributed by atoms with Gasteiger partial charge in [-0.3, -0.25) is 9.59 Å². The van der Waals surface area contributed by atoms with Gasteiger partial charge in [0.15, 0.2) is 0 Å². The summed E-state index contributed by atoms with van der Waals surface area (Å²) in [5, 5.41) is 0. The van der Waals surface area contributed by atoms with Crippen LogP contribution >= 0.6 is 0 Å². The van der Waals surface area contributed by atoms with E-state index in [4.69, 9.17) is 4.74 Å². The quantitative estimate of drug-likeness (QED) is 0.809. The molecule has 1 saturated heterocycles. The molecule has 1 aromatic heterocycles. The van der Waals surface area contributed by atoms with Crippen LogP contribution in [0.3, 0.4) is 0 Å². The van der Waals surface area contributed by atoms with Gasteiger partial charge in [0.05, 0.1) is 18.2 Å². The zero-order valence-electron chi connectivity index (χ0n) is 10.9. The van der Waals surface area contributed by atoms with Crippen molar-refractivity contribution in [1.29, 1.82) is 0 Å². The van der Waals surface area contributed by atoms with Crippen LogP contribution in [0.4, 0.5) is 0 Å². The van der Waals surface area contributed by atoms with Gasteiger partial charge >= 0.3 is 0 Å². The minimum absolute atomic E-state index is 0.0183. The van der Waals surface area contributed by atoms with Crippen LogP contribution in [-0.2, 0) is 4.74 Å². The van der Waals surface area contributed by atoms with Crippen molar-refractivity contribution in [3.8, 4) is 0 Å². The van der Waals surface area contributed by atoms with Gasteiger partial charge in [-0.15, -0.1) is 0 Å². The highest BCUT2D eigenvalue weighted by Crippen LogP contribution is 2.22. The Morgan fingerprint density at radius 2 is 2.28 bits per heavy atom. The Morgan fingerprint density at radius 3 is 2.94 bits per heavy atom. The Morgan fingerprint density at radius 1 is 1.56 bits per heavy atom. The fourth-order valence-corrected chi connectivity index (χ4v) is 2.06. The molecule has 5 heteroatoms. The van der Waals surface area contributed by atoms with Gasteiger partial charge in [-0.1, -0.05) is 0 Å². The van der Waals surface area contributed by atoms with Gasteiger partial charge in [0.1, 0.15) is 0 Å². The summed E-state index contributed by atoms with van der Waals surface area (Å²) in [6.45, 7) is 6.90. The van der Waals surface area contributed by atoms with Gasteiger partial charge < -0.3 is 14.6 Å². The molecule has 1 fully saturated rings. The van der Waals surface area contributed by atoms with Gasteiger partial charge in [-0.2, -0.15) is 0 Å². The number of H-pyrrole nitrogens is 1. The van der Waals surface area contributed by atoms with E-state index in [1.807, 2.05) is 20.8 Å². The van der Waals surface area contributed by atoms with Crippen LogP contribution in [-0.4, -0.2) is 40.6 Å². The summed E-state index contributed by atoms with van der Waals surface area (Å²) in [7, 11) is 0. The van der Waals surface area contributed by atoms with Gasteiger partial charge in [-0.05, 0) is 26.8 Å². The lowest BCUT2D eigenvalue weighted by Crippen LogP contribution is -2.55. The molecule has 0 saturated carbocycles. The molecule has 0 bridgehead atoms. The highest BCUT2D eigenvalue weighted by atomic mass is 16.5. The van der Waals surface area contributed by atoms with E-state index in [0.717, 1.165) is 0 Å². The molecule has 0 radical (unpaired) electrons. The third kappa shape index (κ3) is 2.61. The van der Waals surface area contributed by atoms with E-state index in [2.05, 4.69) is 4.98 Å². The molecule has 2 rings (SSSR count). The number of carbonyl (C=O) groups excluding carboxylic acids is 1. The molecule has 18 heavy (non-hydrogen) atoms. The largest absolute Gasteiger partial charge is 0.372 e. The van der Waals surface area contributed by atoms with Crippen LogP contribution in [0.1, 0.15) is 31.1 Å². The molecule has 1 amide bonds. The Kier molecular flexibility index (Phi) is 3.26. The summed E-state index contributed by atoms with van der Waals surface area (Å²) in [6, 6.07) is 2.97. The first-order chi connectivity index (χ1) is 8.39. The van der Waals surface area contributed by atoms with Crippen LogP contribution < -0.4 is 5.56 Å². The van der Waals surface area contributed by atoms with Crippen LogP contribution in [0.5, 0.6) is 0 Å². The molecule has 0 aromatic carbocycles. The van der Waals surface area contributed by atoms with Crippen LogP contribution in [0.2, 0.25) is 0 Å². The number of nitrogens with zero attached hydrogens (tertiary/aromatic N) is 1. The molecule has 0 aliphatic carbocycles. The molecule has 2 heterocycles. The first kappa shape index (κ1) is 12.8. The van der Waals surface area contributed by atoms with Crippen LogP contribution in [0, 0.1) is 0 Å². The lowest BCUT2D eigenvalue weighted by molar-refractivity contribution is -0.0980. The van der Waals surface area contributed by atoms with E-state index in [1.54, 1.807) is 11.0 Å². The van der Waals surface area contributed by atoms with Crippen molar-refractivity contribution in [3.05, 3.63) is 34.2 Å². The van der Waals surface area contributed by atoms with Crippen molar-refractivity contribution in [1.82, 2.24) is 9.88 Å². The summed E-state index contributed by atoms with van der Waals surface area (Å²) in [4.78, 5) is 27.9. The van der Waals surface area contributed by atoms with E-state index in [0.29, 0.717) is 18.7 Å². The predicted octanol–water partition coefficient (Wildman–Crippen LogP) is 1.01. The van der Waals surface area contributed by atoms with E-state index < -0.39 is 0 Å². The fraction of sp³-hybridized carbons (Fsp3) is 0.538. The summed E-state index contributed by atoms with van der Waals surface area (Å²) in [6.07, 6.45) is 1.49. The molecule has 1 N–H and O–H groups in total. The average Bonchev–Trinajstić information content (AvgIpc) is 2.31. The summed E-state index contributed by atoms with van der Waals surface area (Å²) in [5.41, 5.74) is -0.187.